The van der Waals surface area contributed by atoms with Crippen LogP contribution in [0.15, 0.2) is 0 Å². The largest absolute Gasteiger partial charge is 0.394 e. The average molecular weight is 220 g/mol. The minimum Gasteiger partial charge on any atom is -0.394 e. The summed E-state index contributed by atoms with van der Waals surface area (Å²) < 4.78 is 16.1. The van der Waals surface area contributed by atoms with Gasteiger partial charge in [-0.1, -0.05) is 0 Å². The first kappa shape index (κ1) is 11.3. The molecular weight excluding hydrogens is 204 g/mol. The van der Waals surface area contributed by atoms with Crippen LogP contribution >= 0.6 is 0 Å². The monoisotopic (exact) mass is 220 g/mol. The molecule has 0 amide bonds. The van der Waals surface area contributed by atoms with Crippen LogP contribution in [0.2, 0.25) is 0 Å². The van der Waals surface area contributed by atoms with Crippen molar-refractivity contribution >= 4 is 0 Å². The van der Waals surface area contributed by atoms with Gasteiger partial charge in [-0.25, -0.2) is 0 Å². The Labute approximate surface area is 87.4 Å². The molecule has 2 aliphatic rings. The maximum absolute atomic E-state index is 9.79. The van der Waals surface area contributed by atoms with Gasteiger partial charge in [0.1, 0.15) is 24.4 Å². The highest BCUT2D eigenvalue weighted by Crippen LogP contribution is 2.38. The lowest BCUT2D eigenvalue weighted by Crippen LogP contribution is -2.42. The van der Waals surface area contributed by atoms with Crippen LogP contribution < -0.4 is 0 Å². The molecule has 2 heterocycles. The third-order valence-electron chi connectivity index (χ3n) is 2.62. The second-order valence-electron chi connectivity index (χ2n) is 4.31. The van der Waals surface area contributed by atoms with Crippen molar-refractivity contribution in [2.45, 2.75) is 50.3 Å². The molecule has 6 heteroatoms. The van der Waals surface area contributed by atoms with Gasteiger partial charge in [0.05, 0.1) is 6.61 Å². The standard InChI is InChI=1S/C9H16O6/c1-9(2)14-7-5(12)6(4(11)3-10)13-8(7)15-9/h4-8,10-12H,3H2,1-2H3/t4-,5-,6+,7-,8-/m0/s1. The van der Waals surface area contributed by atoms with Crippen LogP contribution in [-0.2, 0) is 14.2 Å². The van der Waals surface area contributed by atoms with Crippen LogP contribution in [0.5, 0.6) is 0 Å². The quantitative estimate of drug-likeness (QED) is 0.529. The Balaban J connectivity index is 2.05. The van der Waals surface area contributed by atoms with Crippen LogP contribution in [0.1, 0.15) is 13.8 Å². The van der Waals surface area contributed by atoms with E-state index in [1.807, 2.05) is 0 Å². The molecule has 0 aliphatic carbocycles. The van der Waals surface area contributed by atoms with Gasteiger partial charge in [-0.05, 0) is 13.8 Å². The Kier molecular flexibility index (Phi) is 2.74. The predicted molar refractivity (Wildman–Crippen MR) is 47.8 cm³/mol. The molecule has 0 saturated carbocycles. The molecule has 2 saturated heterocycles. The van der Waals surface area contributed by atoms with Crippen molar-refractivity contribution in [2.24, 2.45) is 0 Å². The smallest absolute Gasteiger partial charge is 0.190 e. The topological polar surface area (TPSA) is 88.4 Å². The van der Waals surface area contributed by atoms with Crippen LogP contribution in [-0.4, -0.2) is 58.4 Å². The number of aliphatic hydroxyl groups is 3. The van der Waals surface area contributed by atoms with Crippen molar-refractivity contribution in [3.63, 3.8) is 0 Å². The molecule has 3 N–H and O–H groups in total. The molecule has 0 aromatic rings. The Morgan fingerprint density at radius 2 is 2.00 bits per heavy atom. The molecule has 0 aromatic heterocycles. The lowest BCUT2D eigenvalue weighted by Gasteiger charge is -2.24. The molecule has 2 aliphatic heterocycles. The number of aliphatic hydroxyl groups excluding tert-OH is 3. The zero-order chi connectivity index (χ0) is 11.2. The fourth-order valence-electron chi connectivity index (χ4n) is 1.94. The fourth-order valence-corrected chi connectivity index (χ4v) is 1.94. The van der Waals surface area contributed by atoms with E-state index >= 15 is 0 Å². The van der Waals surface area contributed by atoms with Gasteiger partial charge in [0.2, 0.25) is 0 Å². The SMILES string of the molecule is CC1(C)O[C@@H]2O[C@H]([C@@H](O)CO)[C@H](O)[C@@H]2O1. The van der Waals surface area contributed by atoms with Crippen molar-refractivity contribution in [2.75, 3.05) is 6.61 Å². The molecule has 2 fully saturated rings. The fraction of sp³-hybridized carbons (Fsp3) is 1.00. The zero-order valence-corrected chi connectivity index (χ0v) is 8.66. The summed E-state index contributed by atoms with van der Waals surface area (Å²) >= 11 is 0. The van der Waals surface area contributed by atoms with Gasteiger partial charge in [0.15, 0.2) is 12.1 Å². The van der Waals surface area contributed by atoms with Gasteiger partial charge in [0, 0.05) is 0 Å². The molecule has 0 unspecified atom stereocenters. The van der Waals surface area contributed by atoms with E-state index in [1.165, 1.54) is 0 Å². The molecule has 0 radical (unpaired) electrons. The second-order valence-corrected chi connectivity index (χ2v) is 4.31. The lowest BCUT2D eigenvalue weighted by molar-refractivity contribution is -0.227. The van der Waals surface area contributed by atoms with Gasteiger partial charge in [-0.15, -0.1) is 0 Å². The Morgan fingerprint density at radius 3 is 2.53 bits per heavy atom. The van der Waals surface area contributed by atoms with Gasteiger partial charge in [-0.3, -0.25) is 0 Å². The van der Waals surface area contributed by atoms with Gasteiger partial charge in [-0.2, -0.15) is 0 Å². The zero-order valence-electron chi connectivity index (χ0n) is 8.66. The molecule has 15 heavy (non-hydrogen) atoms. The predicted octanol–water partition coefficient (Wildman–Crippen LogP) is -1.42. The van der Waals surface area contributed by atoms with E-state index < -0.39 is 43.1 Å². The van der Waals surface area contributed by atoms with E-state index in [1.54, 1.807) is 13.8 Å². The van der Waals surface area contributed by atoms with Crippen LogP contribution in [0, 0.1) is 0 Å². The van der Waals surface area contributed by atoms with E-state index in [-0.39, 0.29) is 0 Å². The first-order chi connectivity index (χ1) is 6.94. The van der Waals surface area contributed by atoms with Gasteiger partial charge >= 0.3 is 0 Å². The van der Waals surface area contributed by atoms with Crippen molar-refractivity contribution in [1.82, 2.24) is 0 Å². The van der Waals surface area contributed by atoms with Gasteiger partial charge < -0.3 is 29.5 Å². The first-order valence-corrected chi connectivity index (χ1v) is 4.93. The summed E-state index contributed by atoms with van der Waals surface area (Å²) in [5, 5.41) is 27.9. The van der Waals surface area contributed by atoms with Crippen LogP contribution in [0.3, 0.4) is 0 Å². The summed E-state index contributed by atoms with van der Waals surface area (Å²) in [5.74, 6) is -0.786. The number of hydrogen-bond donors (Lipinski definition) is 3. The van der Waals surface area contributed by atoms with Crippen LogP contribution in [0.25, 0.3) is 0 Å². The summed E-state index contributed by atoms with van der Waals surface area (Å²) in [6.45, 7) is 2.97. The van der Waals surface area contributed by atoms with Crippen molar-refractivity contribution in [3.8, 4) is 0 Å². The van der Waals surface area contributed by atoms with E-state index in [4.69, 9.17) is 19.3 Å². The van der Waals surface area contributed by atoms with E-state index in [0.717, 1.165) is 0 Å². The van der Waals surface area contributed by atoms with Gasteiger partial charge in [0.25, 0.3) is 0 Å². The molecule has 6 nitrogen and oxygen atoms in total. The number of hydrogen-bond acceptors (Lipinski definition) is 6. The normalized spacial score (nSPS) is 45.4. The maximum atomic E-state index is 9.79. The Morgan fingerprint density at radius 1 is 1.33 bits per heavy atom. The lowest BCUT2D eigenvalue weighted by atomic mass is 10.1. The Bertz CT molecular complexity index is 243. The highest BCUT2D eigenvalue weighted by atomic mass is 16.8. The summed E-state index contributed by atoms with van der Waals surface area (Å²) in [5.41, 5.74) is 0. The third kappa shape index (κ3) is 1.89. The minimum atomic E-state index is -1.12. The molecule has 0 bridgehead atoms. The molecule has 2 rings (SSSR count). The average Bonchev–Trinajstić information content (AvgIpc) is 2.60. The second kappa shape index (κ2) is 3.65. The van der Waals surface area contributed by atoms with E-state index in [2.05, 4.69) is 0 Å². The highest BCUT2D eigenvalue weighted by molar-refractivity contribution is 4.95. The van der Waals surface area contributed by atoms with E-state index in [9.17, 15) is 10.2 Å². The molecule has 5 atom stereocenters. The van der Waals surface area contributed by atoms with E-state index in [0.29, 0.717) is 0 Å². The van der Waals surface area contributed by atoms with Crippen molar-refractivity contribution in [1.29, 1.82) is 0 Å². The van der Waals surface area contributed by atoms with Crippen LogP contribution in [0.4, 0.5) is 0 Å². The summed E-state index contributed by atoms with van der Waals surface area (Å²) in [4.78, 5) is 0. The Hall–Kier alpha value is -0.240. The third-order valence-corrected chi connectivity index (χ3v) is 2.62. The number of ether oxygens (including phenoxy) is 3. The van der Waals surface area contributed by atoms with Crippen molar-refractivity contribution in [3.05, 3.63) is 0 Å². The molecule has 0 spiro atoms. The maximum Gasteiger partial charge on any atom is 0.190 e. The molecule has 0 aromatic carbocycles. The summed E-state index contributed by atoms with van der Waals surface area (Å²) in [6, 6.07) is 0. The highest BCUT2D eigenvalue weighted by Gasteiger charge is 2.55. The van der Waals surface area contributed by atoms with Crippen molar-refractivity contribution < 1.29 is 29.5 Å². The number of fused-ring (bicyclic) bond motifs is 1. The molecule has 88 valence electrons. The molecular formula is C9H16O6. The summed E-state index contributed by atoms with van der Waals surface area (Å²) in [7, 11) is 0. The minimum absolute atomic E-state index is 0.468. The first-order valence-electron chi connectivity index (χ1n) is 4.93. The number of rotatable bonds is 2. The summed E-state index contributed by atoms with van der Waals surface area (Å²) in [6.07, 6.45) is -4.26.